The number of amides is 1. The lowest BCUT2D eigenvalue weighted by atomic mass is 10.0. The molecule has 2 aromatic carbocycles. The predicted octanol–water partition coefficient (Wildman–Crippen LogP) is 4.43. The van der Waals surface area contributed by atoms with E-state index in [0.29, 0.717) is 27.6 Å². The second-order valence-corrected chi connectivity index (χ2v) is 7.10. The molecule has 0 saturated carbocycles. The highest BCUT2D eigenvalue weighted by Crippen LogP contribution is 2.31. The summed E-state index contributed by atoms with van der Waals surface area (Å²) in [6.07, 6.45) is 1.64. The quantitative estimate of drug-likeness (QED) is 0.433. The van der Waals surface area contributed by atoms with Crippen LogP contribution in [0.1, 0.15) is 18.1 Å². The lowest BCUT2D eigenvalue weighted by molar-refractivity contribution is -0.384. The average molecular weight is 399 g/mol. The Morgan fingerprint density at radius 3 is 2.50 bits per heavy atom. The van der Waals surface area contributed by atoms with E-state index in [1.165, 1.54) is 17.1 Å². The fourth-order valence-electron chi connectivity index (χ4n) is 2.91. The summed E-state index contributed by atoms with van der Waals surface area (Å²) in [5.41, 5.74) is 3.66. The van der Waals surface area contributed by atoms with Gasteiger partial charge in [-0.1, -0.05) is 17.7 Å². The lowest BCUT2D eigenvalue weighted by Gasteiger charge is -2.16. The molecular formula is C20H19ClN4O3. The summed E-state index contributed by atoms with van der Waals surface area (Å²) in [7, 11) is 3.67. The largest absolute Gasteiger partial charge is 0.377 e. The van der Waals surface area contributed by atoms with Crippen molar-refractivity contribution in [3.8, 4) is 0 Å². The zero-order chi connectivity index (χ0) is 20.6. The lowest BCUT2D eigenvalue weighted by Crippen LogP contribution is -2.21. The smallest absolute Gasteiger partial charge is 0.280 e. The van der Waals surface area contributed by atoms with Crippen molar-refractivity contribution >= 4 is 46.4 Å². The highest BCUT2D eigenvalue weighted by Gasteiger charge is 2.29. The minimum Gasteiger partial charge on any atom is -0.377 e. The minimum atomic E-state index is -0.459. The Bertz CT molecular complexity index is 1040. The van der Waals surface area contributed by atoms with Gasteiger partial charge in [-0.25, -0.2) is 0 Å². The number of non-ortho nitro benzene ring substituents is 1. The van der Waals surface area contributed by atoms with E-state index in [-0.39, 0.29) is 11.6 Å². The highest BCUT2D eigenvalue weighted by atomic mass is 35.5. The molecule has 1 heterocycles. The molecule has 0 aromatic heterocycles. The second-order valence-electron chi connectivity index (χ2n) is 6.69. The molecule has 1 aliphatic heterocycles. The third kappa shape index (κ3) is 3.61. The van der Waals surface area contributed by atoms with Crippen LogP contribution < -0.4 is 9.91 Å². The summed E-state index contributed by atoms with van der Waals surface area (Å²) < 4.78 is 0. The van der Waals surface area contributed by atoms with E-state index in [2.05, 4.69) is 5.10 Å². The number of benzene rings is 2. The fraction of sp³-hybridized carbons (Fsp3) is 0.200. The maximum atomic E-state index is 13.0. The predicted molar refractivity (Wildman–Crippen MR) is 112 cm³/mol. The van der Waals surface area contributed by atoms with Gasteiger partial charge in [0.05, 0.1) is 21.9 Å². The topological polar surface area (TPSA) is 79.0 Å². The van der Waals surface area contributed by atoms with E-state index >= 15 is 0 Å². The van der Waals surface area contributed by atoms with Gasteiger partial charge in [0.25, 0.3) is 11.6 Å². The van der Waals surface area contributed by atoms with Gasteiger partial charge in [0, 0.05) is 42.5 Å². The third-order valence-electron chi connectivity index (χ3n) is 4.47. The molecule has 28 heavy (non-hydrogen) atoms. The maximum absolute atomic E-state index is 13.0. The molecule has 3 rings (SSSR count). The maximum Gasteiger partial charge on any atom is 0.280 e. The van der Waals surface area contributed by atoms with Gasteiger partial charge in [0.2, 0.25) is 0 Å². The van der Waals surface area contributed by atoms with E-state index in [0.717, 1.165) is 11.3 Å². The Morgan fingerprint density at radius 2 is 1.89 bits per heavy atom. The minimum absolute atomic E-state index is 0.0420. The third-order valence-corrected chi connectivity index (χ3v) is 4.87. The van der Waals surface area contributed by atoms with E-state index in [9.17, 15) is 14.9 Å². The van der Waals surface area contributed by atoms with Gasteiger partial charge in [0.1, 0.15) is 0 Å². The van der Waals surface area contributed by atoms with Crippen LogP contribution in [-0.4, -0.2) is 30.6 Å². The first-order valence-corrected chi connectivity index (χ1v) is 8.90. The van der Waals surface area contributed by atoms with Gasteiger partial charge in [-0.05, 0) is 43.7 Å². The van der Waals surface area contributed by atoms with Crippen LogP contribution in [0, 0.1) is 17.0 Å². The second kappa shape index (κ2) is 7.44. The Balaban J connectivity index is 2.05. The number of nitro benzene ring substituents is 1. The molecule has 0 fully saturated rings. The van der Waals surface area contributed by atoms with Gasteiger partial charge in [-0.3, -0.25) is 14.9 Å². The number of hydrazone groups is 1. The van der Waals surface area contributed by atoms with Crippen molar-refractivity contribution in [1.82, 2.24) is 0 Å². The van der Waals surface area contributed by atoms with Crippen LogP contribution in [0.2, 0.25) is 5.02 Å². The standard InChI is InChI=1S/C20H19ClN4O3/c1-12-5-6-15(11-18(12)21)24-20(26)17(13(2)22-24)10-14-9-16(25(27)28)7-8-19(14)23(3)4/h5-11H,1-4H3/b17-10+. The van der Waals surface area contributed by atoms with E-state index in [4.69, 9.17) is 11.6 Å². The first-order valence-electron chi connectivity index (χ1n) is 8.52. The van der Waals surface area contributed by atoms with Crippen molar-refractivity contribution in [2.45, 2.75) is 13.8 Å². The molecule has 0 saturated heterocycles. The van der Waals surface area contributed by atoms with Crippen LogP contribution in [0.25, 0.3) is 6.08 Å². The number of nitrogens with zero attached hydrogens (tertiary/aromatic N) is 4. The number of rotatable bonds is 4. The van der Waals surface area contributed by atoms with E-state index in [1.807, 2.05) is 32.0 Å². The molecule has 8 heteroatoms. The van der Waals surface area contributed by atoms with Crippen molar-refractivity contribution in [3.05, 3.63) is 68.2 Å². The molecule has 1 aliphatic rings. The molecule has 0 aliphatic carbocycles. The molecule has 0 bridgehead atoms. The molecule has 7 nitrogen and oxygen atoms in total. The van der Waals surface area contributed by atoms with Gasteiger partial charge < -0.3 is 4.90 Å². The Hall–Kier alpha value is -3.19. The number of carbonyl (C=O) groups is 1. The number of carbonyl (C=O) groups excluding carboxylic acids is 1. The van der Waals surface area contributed by atoms with Gasteiger partial charge in [0.15, 0.2) is 0 Å². The van der Waals surface area contributed by atoms with Crippen molar-refractivity contribution < 1.29 is 9.72 Å². The summed E-state index contributed by atoms with van der Waals surface area (Å²) in [5.74, 6) is -0.311. The van der Waals surface area contributed by atoms with Crippen LogP contribution >= 0.6 is 11.6 Å². The van der Waals surface area contributed by atoms with Crippen LogP contribution in [0.5, 0.6) is 0 Å². The molecule has 2 aromatic rings. The average Bonchev–Trinajstić information content (AvgIpc) is 2.92. The number of hydrogen-bond donors (Lipinski definition) is 0. The van der Waals surface area contributed by atoms with Crippen molar-refractivity contribution in [2.24, 2.45) is 5.10 Å². The monoisotopic (exact) mass is 398 g/mol. The Labute approximate surface area is 167 Å². The SMILES string of the molecule is CC1=NN(c2ccc(C)c(Cl)c2)C(=O)/C1=C/c1cc([N+](=O)[O-])ccc1N(C)C. The summed E-state index contributed by atoms with van der Waals surface area (Å²) in [5, 5.41) is 17.3. The first-order chi connectivity index (χ1) is 13.2. The summed E-state index contributed by atoms with van der Waals surface area (Å²) in [6.45, 7) is 3.61. The first kappa shape index (κ1) is 19.6. The molecule has 0 radical (unpaired) electrons. The Kier molecular flexibility index (Phi) is 5.20. The number of hydrogen-bond acceptors (Lipinski definition) is 5. The number of nitro groups is 1. The van der Waals surface area contributed by atoms with Crippen LogP contribution in [0.3, 0.4) is 0 Å². The number of halogens is 1. The van der Waals surface area contributed by atoms with Crippen molar-refractivity contribution in [1.29, 1.82) is 0 Å². The molecule has 144 valence electrons. The zero-order valence-electron chi connectivity index (χ0n) is 15.9. The van der Waals surface area contributed by atoms with Crippen LogP contribution in [0.15, 0.2) is 47.1 Å². The number of anilines is 2. The fourth-order valence-corrected chi connectivity index (χ4v) is 3.08. The molecule has 0 spiro atoms. The molecular weight excluding hydrogens is 380 g/mol. The summed E-state index contributed by atoms with van der Waals surface area (Å²) >= 11 is 6.17. The van der Waals surface area contributed by atoms with Crippen LogP contribution in [0.4, 0.5) is 17.1 Å². The van der Waals surface area contributed by atoms with Gasteiger partial charge in [-0.15, -0.1) is 0 Å². The van der Waals surface area contributed by atoms with Crippen molar-refractivity contribution in [2.75, 3.05) is 24.0 Å². The van der Waals surface area contributed by atoms with Gasteiger partial charge >= 0.3 is 0 Å². The number of aryl methyl sites for hydroxylation is 1. The van der Waals surface area contributed by atoms with E-state index in [1.54, 1.807) is 31.2 Å². The molecule has 0 atom stereocenters. The van der Waals surface area contributed by atoms with Crippen LogP contribution in [-0.2, 0) is 4.79 Å². The highest BCUT2D eigenvalue weighted by molar-refractivity contribution is 6.33. The zero-order valence-corrected chi connectivity index (χ0v) is 16.7. The molecule has 0 N–H and O–H groups in total. The van der Waals surface area contributed by atoms with Gasteiger partial charge in [-0.2, -0.15) is 10.1 Å². The molecule has 0 unspecified atom stereocenters. The summed E-state index contributed by atoms with van der Waals surface area (Å²) in [6, 6.07) is 9.84. The summed E-state index contributed by atoms with van der Waals surface area (Å²) in [4.78, 5) is 25.5. The van der Waals surface area contributed by atoms with E-state index < -0.39 is 4.92 Å². The van der Waals surface area contributed by atoms with Crippen molar-refractivity contribution in [3.63, 3.8) is 0 Å². The normalized spacial score (nSPS) is 15.2. The molecule has 1 amide bonds. The Morgan fingerprint density at radius 1 is 1.18 bits per heavy atom.